The van der Waals surface area contributed by atoms with E-state index >= 15 is 0 Å². The summed E-state index contributed by atoms with van der Waals surface area (Å²) in [5.74, 6) is -2.29. The van der Waals surface area contributed by atoms with Gasteiger partial charge in [0, 0.05) is 0 Å². The van der Waals surface area contributed by atoms with Crippen molar-refractivity contribution >= 4 is 39.5 Å². The lowest BCUT2D eigenvalue weighted by Gasteiger charge is -2.02. The quantitative estimate of drug-likeness (QED) is 0.195. The molecule has 0 aliphatic heterocycles. The monoisotopic (exact) mass is 392 g/mol. The maximum Gasteiger partial charge on any atom is 0.339 e. The van der Waals surface area contributed by atoms with Crippen molar-refractivity contribution in [3.05, 3.63) is 0 Å². The van der Waals surface area contributed by atoms with Crippen LogP contribution >= 0.6 is 27.6 Å². The van der Waals surface area contributed by atoms with Crippen LogP contribution < -0.4 is 10.6 Å². The highest BCUT2D eigenvalue weighted by Crippen LogP contribution is 2.32. The Labute approximate surface area is 130 Å². The lowest BCUT2D eigenvalue weighted by atomic mass is 10.7. The van der Waals surface area contributed by atoms with Gasteiger partial charge in [0.1, 0.15) is 0 Å². The minimum absolute atomic E-state index is 0. The van der Waals surface area contributed by atoms with E-state index in [1.54, 1.807) is 0 Å². The van der Waals surface area contributed by atoms with Gasteiger partial charge in [-0.2, -0.15) is 0 Å². The predicted molar refractivity (Wildman–Crippen MR) is 76.0 cm³/mol. The number of nitrogens with one attached hydrogen (secondary N) is 2. The van der Waals surface area contributed by atoms with E-state index in [1.807, 2.05) is 0 Å². The number of hydrogen-bond donors (Lipinski definition) is 8. The minimum Gasteiger partial charge on any atom is -0.480 e. The summed E-state index contributed by atoms with van der Waals surface area (Å²) in [6, 6.07) is 0. The van der Waals surface area contributed by atoms with Gasteiger partial charge in [-0.1, -0.05) is 0 Å². The molecule has 13 nitrogen and oxygen atoms in total. The van der Waals surface area contributed by atoms with E-state index in [1.165, 1.54) is 0 Å². The zero-order valence-electron chi connectivity index (χ0n) is 10.9. The van der Waals surface area contributed by atoms with E-state index in [2.05, 4.69) is 10.6 Å². The summed E-state index contributed by atoms with van der Waals surface area (Å²) >= 11 is 0. The third kappa shape index (κ3) is 36.6. The predicted octanol–water partition coefficient (Wildman–Crippen LogP) is -2.81. The SMILES string of the molecule is Cl.O.O=C(O)CNCP(=O)(O)O.O=C(O)CNCP(=O)(O)O. The number of rotatable bonds is 8. The van der Waals surface area contributed by atoms with Gasteiger partial charge in [-0.05, 0) is 0 Å². The van der Waals surface area contributed by atoms with E-state index in [0.717, 1.165) is 0 Å². The lowest BCUT2D eigenvalue weighted by Crippen LogP contribution is -2.23. The normalized spacial score (nSPS) is 10.4. The maximum atomic E-state index is 10.1. The Morgan fingerprint density at radius 1 is 0.773 bits per heavy atom. The standard InChI is InChI=1S/2C3H8NO5P.ClH.H2O/c2*5-3(6)1-4-2-10(7,8)9;;/h2*4H,1-2H2,(H,5,6)(H2,7,8,9);1H;1H2. The van der Waals surface area contributed by atoms with E-state index in [-0.39, 0.29) is 17.9 Å². The fourth-order valence-electron chi connectivity index (χ4n) is 0.617. The Bertz CT molecular complexity index is 369. The molecule has 0 rings (SSSR count). The highest BCUT2D eigenvalue weighted by atomic mass is 35.5. The van der Waals surface area contributed by atoms with Crippen molar-refractivity contribution in [1.82, 2.24) is 10.6 Å². The molecule has 0 aliphatic carbocycles. The first-order chi connectivity index (χ1) is 8.83. The average molecular weight is 393 g/mol. The van der Waals surface area contributed by atoms with Crippen LogP contribution in [0.3, 0.4) is 0 Å². The summed E-state index contributed by atoms with van der Waals surface area (Å²) in [6.45, 7) is -0.879. The fourth-order valence-corrected chi connectivity index (χ4v) is 1.42. The van der Waals surface area contributed by atoms with Crippen LogP contribution in [0.5, 0.6) is 0 Å². The molecule has 0 aliphatic rings. The molecule has 0 spiro atoms. The van der Waals surface area contributed by atoms with Gasteiger partial charge in [-0.3, -0.25) is 29.4 Å². The second-order valence-electron chi connectivity index (χ2n) is 3.29. The van der Waals surface area contributed by atoms with Crippen LogP contribution in [0.2, 0.25) is 0 Å². The van der Waals surface area contributed by atoms with Crippen molar-refractivity contribution in [1.29, 1.82) is 0 Å². The van der Waals surface area contributed by atoms with Crippen LogP contribution in [-0.2, 0) is 18.7 Å². The molecule has 0 saturated heterocycles. The first-order valence-corrected chi connectivity index (χ1v) is 8.37. The van der Waals surface area contributed by atoms with Crippen LogP contribution in [0.25, 0.3) is 0 Å². The van der Waals surface area contributed by atoms with E-state index in [4.69, 9.17) is 29.8 Å². The summed E-state index contributed by atoms with van der Waals surface area (Å²) < 4.78 is 20.1. The Hall–Kier alpha value is -0.590. The van der Waals surface area contributed by atoms with Crippen LogP contribution in [0, 0.1) is 0 Å². The van der Waals surface area contributed by atoms with Gasteiger partial charge in [0.2, 0.25) is 0 Å². The minimum atomic E-state index is -4.10. The summed E-state index contributed by atoms with van der Waals surface area (Å²) in [7, 11) is -8.19. The van der Waals surface area contributed by atoms with Crippen molar-refractivity contribution in [2.45, 2.75) is 0 Å². The van der Waals surface area contributed by atoms with Gasteiger partial charge < -0.3 is 35.3 Å². The second-order valence-corrected chi connectivity index (χ2v) is 6.58. The molecular formula is C6H19ClN2O11P2. The largest absolute Gasteiger partial charge is 0.480 e. The lowest BCUT2D eigenvalue weighted by molar-refractivity contribution is -0.136. The van der Waals surface area contributed by atoms with Crippen molar-refractivity contribution in [3.8, 4) is 0 Å². The number of carboxylic acids is 2. The number of carbonyl (C=O) groups is 2. The Morgan fingerprint density at radius 3 is 1.14 bits per heavy atom. The zero-order valence-corrected chi connectivity index (χ0v) is 13.6. The molecule has 0 fully saturated rings. The molecular weight excluding hydrogens is 373 g/mol. The number of hydrogen-bond acceptors (Lipinski definition) is 6. The molecule has 0 saturated carbocycles. The van der Waals surface area contributed by atoms with E-state index in [0.29, 0.717) is 0 Å². The Morgan fingerprint density at radius 2 is 1.00 bits per heavy atom. The van der Waals surface area contributed by atoms with Crippen LogP contribution in [0.1, 0.15) is 0 Å². The number of halogens is 1. The number of carboxylic acid groups (broad SMARTS) is 2. The molecule has 0 heterocycles. The zero-order chi connectivity index (χ0) is 16.4. The summed E-state index contributed by atoms with van der Waals surface area (Å²) in [5.41, 5.74) is 0. The van der Waals surface area contributed by atoms with Gasteiger partial charge >= 0.3 is 27.1 Å². The molecule has 0 radical (unpaired) electrons. The molecule has 0 unspecified atom stereocenters. The van der Waals surface area contributed by atoms with Gasteiger partial charge in [0.25, 0.3) is 0 Å². The first-order valence-electron chi connectivity index (χ1n) is 4.77. The summed E-state index contributed by atoms with van der Waals surface area (Å²) in [5, 5.41) is 20.1. The highest BCUT2D eigenvalue weighted by molar-refractivity contribution is 7.51. The van der Waals surface area contributed by atoms with Gasteiger partial charge in [-0.15, -0.1) is 12.4 Å². The molecule has 0 aromatic heterocycles. The molecule has 0 aromatic rings. The van der Waals surface area contributed by atoms with Gasteiger partial charge in [0.15, 0.2) is 0 Å². The molecule has 16 heteroatoms. The third-order valence-electron chi connectivity index (χ3n) is 1.19. The molecule has 0 bridgehead atoms. The van der Waals surface area contributed by atoms with Crippen molar-refractivity contribution in [3.63, 3.8) is 0 Å². The highest BCUT2D eigenvalue weighted by Gasteiger charge is 2.12. The maximum absolute atomic E-state index is 10.1. The van der Waals surface area contributed by atoms with Gasteiger partial charge in [0.05, 0.1) is 25.7 Å². The van der Waals surface area contributed by atoms with Gasteiger partial charge in [-0.25, -0.2) is 0 Å². The summed E-state index contributed by atoms with van der Waals surface area (Å²) in [4.78, 5) is 52.3. The van der Waals surface area contributed by atoms with Crippen LogP contribution in [0.4, 0.5) is 0 Å². The van der Waals surface area contributed by atoms with E-state index in [9.17, 15) is 18.7 Å². The van der Waals surface area contributed by atoms with Crippen LogP contribution in [-0.4, -0.2) is 72.9 Å². The smallest absolute Gasteiger partial charge is 0.339 e. The summed E-state index contributed by atoms with van der Waals surface area (Å²) in [6.07, 6.45) is -1.20. The van der Waals surface area contributed by atoms with Crippen molar-refractivity contribution in [2.75, 3.05) is 25.7 Å². The molecule has 10 N–H and O–H groups in total. The molecule has 0 atom stereocenters. The second kappa shape index (κ2) is 14.0. The first kappa shape index (κ1) is 29.4. The number of aliphatic carboxylic acids is 2. The molecule has 0 amide bonds. The average Bonchev–Trinajstić information content (AvgIpc) is 2.12. The topological polar surface area (TPSA) is 245 Å². The van der Waals surface area contributed by atoms with Crippen LogP contribution in [0.15, 0.2) is 0 Å². The molecule has 136 valence electrons. The molecule has 0 aromatic carbocycles. The third-order valence-corrected chi connectivity index (χ3v) is 2.46. The van der Waals surface area contributed by atoms with Crippen molar-refractivity contribution in [2.24, 2.45) is 0 Å². The fraction of sp³-hybridized carbons (Fsp3) is 0.667. The van der Waals surface area contributed by atoms with Crippen molar-refractivity contribution < 1.29 is 54.0 Å². The Balaban J connectivity index is -0.000000135. The Kier molecular flexibility index (Phi) is 18.8. The van der Waals surface area contributed by atoms with E-state index < -0.39 is 52.8 Å². The molecule has 22 heavy (non-hydrogen) atoms.